The van der Waals surface area contributed by atoms with Crippen molar-refractivity contribution in [1.29, 1.82) is 0 Å². The number of likely N-dealkylation sites (N-methyl/N-ethyl adjacent to an activating group) is 1. The van der Waals surface area contributed by atoms with Crippen molar-refractivity contribution < 1.29 is 0 Å². The predicted molar refractivity (Wildman–Crippen MR) is 70.0 cm³/mol. The molecular weight excluding hydrogens is 252 g/mol. The van der Waals surface area contributed by atoms with Gasteiger partial charge in [-0.3, -0.25) is 0 Å². The minimum atomic E-state index is 0.554. The van der Waals surface area contributed by atoms with Gasteiger partial charge in [0.25, 0.3) is 0 Å². The number of nitrogens with zero attached hydrogens (tertiary/aromatic N) is 1. The summed E-state index contributed by atoms with van der Waals surface area (Å²) in [6, 6.07) is 4.48. The number of nitrogens with one attached hydrogen (secondary N) is 1. The van der Waals surface area contributed by atoms with Crippen LogP contribution in [0, 0.1) is 0 Å². The Morgan fingerprint density at radius 1 is 1.40 bits per heavy atom. The summed E-state index contributed by atoms with van der Waals surface area (Å²) in [6.45, 7) is 6.54. The zero-order chi connectivity index (χ0) is 11.0. The number of hydrogen-bond acceptors (Lipinski definition) is 2. The van der Waals surface area contributed by atoms with E-state index in [1.54, 1.807) is 0 Å². The Bertz CT molecular complexity index is 374. The third-order valence-electron chi connectivity index (χ3n) is 2.91. The van der Waals surface area contributed by atoms with Gasteiger partial charge in [-0.05, 0) is 23.6 Å². The van der Waals surface area contributed by atoms with E-state index in [-0.39, 0.29) is 0 Å². The van der Waals surface area contributed by atoms with Crippen molar-refractivity contribution >= 4 is 27.3 Å². The van der Waals surface area contributed by atoms with Crippen LogP contribution in [0.15, 0.2) is 16.6 Å². The molecule has 0 saturated carbocycles. The van der Waals surface area contributed by atoms with Gasteiger partial charge in [0.15, 0.2) is 0 Å². The summed E-state index contributed by atoms with van der Waals surface area (Å²) < 4.78 is 1.21. The fraction of sp³-hybridized carbons (Fsp3) is 0.500. The van der Waals surface area contributed by atoms with Crippen molar-refractivity contribution in [3.8, 4) is 0 Å². The third-order valence-corrected chi connectivity index (χ3v) is 3.60. The standard InChI is InChI=1S/C12H17BrN2/c1-8(2)9-6-11-12(7-10(9)13)15(3)5-4-14-11/h6-8,14H,4-5H2,1-3H3. The molecule has 1 aromatic rings. The first kappa shape index (κ1) is 10.8. The van der Waals surface area contributed by atoms with Gasteiger partial charge in [-0.25, -0.2) is 0 Å². The molecule has 0 aromatic heterocycles. The molecule has 0 bridgehead atoms. The summed E-state index contributed by atoms with van der Waals surface area (Å²) in [7, 11) is 2.14. The highest BCUT2D eigenvalue weighted by Gasteiger charge is 2.16. The maximum atomic E-state index is 3.65. The SMILES string of the molecule is CC(C)c1cc2c(cc1Br)N(C)CCN2. The van der Waals surface area contributed by atoms with Crippen LogP contribution in [0.5, 0.6) is 0 Å². The van der Waals surface area contributed by atoms with Crippen LogP contribution in [0.3, 0.4) is 0 Å². The molecule has 15 heavy (non-hydrogen) atoms. The third kappa shape index (κ3) is 1.98. The zero-order valence-corrected chi connectivity index (χ0v) is 11.1. The van der Waals surface area contributed by atoms with Crippen LogP contribution in [0.25, 0.3) is 0 Å². The van der Waals surface area contributed by atoms with E-state index >= 15 is 0 Å². The number of benzene rings is 1. The van der Waals surface area contributed by atoms with Crippen molar-refractivity contribution in [3.63, 3.8) is 0 Å². The normalized spacial score (nSPS) is 15.1. The van der Waals surface area contributed by atoms with E-state index < -0.39 is 0 Å². The lowest BCUT2D eigenvalue weighted by atomic mass is 10.0. The van der Waals surface area contributed by atoms with Gasteiger partial charge in [0, 0.05) is 24.6 Å². The van der Waals surface area contributed by atoms with Crippen molar-refractivity contribution in [2.45, 2.75) is 19.8 Å². The van der Waals surface area contributed by atoms with E-state index in [2.05, 4.69) is 59.2 Å². The summed E-state index contributed by atoms with van der Waals surface area (Å²) in [5, 5.41) is 3.45. The van der Waals surface area contributed by atoms with Crippen molar-refractivity contribution in [2.24, 2.45) is 0 Å². The lowest BCUT2D eigenvalue weighted by Gasteiger charge is -2.30. The first-order valence-electron chi connectivity index (χ1n) is 5.38. The number of anilines is 2. The van der Waals surface area contributed by atoms with E-state index in [1.807, 2.05) is 0 Å². The number of rotatable bonds is 1. The van der Waals surface area contributed by atoms with Crippen molar-refractivity contribution in [1.82, 2.24) is 0 Å². The van der Waals surface area contributed by atoms with Gasteiger partial charge in [-0.2, -0.15) is 0 Å². The monoisotopic (exact) mass is 268 g/mol. The Morgan fingerprint density at radius 3 is 2.80 bits per heavy atom. The van der Waals surface area contributed by atoms with Crippen LogP contribution in [0.1, 0.15) is 25.3 Å². The molecule has 0 amide bonds. The minimum Gasteiger partial charge on any atom is -0.382 e. The molecule has 0 radical (unpaired) electrons. The molecule has 0 spiro atoms. The van der Waals surface area contributed by atoms with Gasteiger partial charge in [0.05, 0.1) is 11.4 Å². The Hall–Kier alpha value is -0.700. The van der Waals surface area contributed by atoms with E-state index in [0.717, 1.165) is 13.1 Å². The minimum absolute atomic E-state index is 0.554. The maximum Gasteiger partial charge on any atom is 0.0611 e. The van der Waals surface area contributed by atoms with E-state index in [1.165, 1.54) is 21.4 Å². The van der Waals surface area contributed by atoms with E-state index in [4.69, 9.17) is 0 Å². The van der Waals surface area contributed by atoms with Crippen LogP contribution >= 0.6 is 15.9 Å². The average molecular weight is 269 g/mol. The highest BCUT2D eigenvalue weighted by molar-refractivity contribution is 9.10. The summed E-state index contributed by atoms with van der Waals surface area (Å²) in [5.74, 6) is 0.554. The first-order chi connectivity index (χ1) is 7.09. The molecule has 1 aliphatic heterocycles. The summed E-state index contributed by atoms with van der Waals surface area (Å²) >= 11 is 3.65. The molecule has 1 aliphatic rings. The fourth-order valence-corrected chi connectivity index (χ4v) is 2.75. The number of hydrogen-bond donors (Lipinski definition) is 1. The largest absolute Gasteiger partial charge is 0.382 e. The summed E-state index contributed by atoms with van der Waals surface area (Å²) in [4.78, 5) is 2.29. The van der Waals surface area contributed by atoms with Crippen molar-refractivity contribution in [2.75, 3.05) is 30.4 Å². The number of fused-ring (bicyclic) bond motifs is 1. The Kier molecular flexibility index (Phi) is 2.91. The van der Waals surface area contributed by atoms with Crippen molar-refractivity contribution in [3.05, 3.63) is 22.2 Å². The van der Waals surface area contributed by atoms with Crippen LogP contribution in [0.2, 0.25) is 0 Å². The summed E-state index contributed by atoms with van der Waals surface area (Å²) in [6.07, 6.45) is 0. The quantitative estimate of drug-likeness (QED) is 0.840. The Labute approximate surface area is 99.8 Å². The van der Waals surface area contributed by atoms with Gasteiger partial charge in [-0.15, -0.1) is 0 Å². The van der Waals surface area contributed by atoms with Gasteiger partial charge in [0.2, 0.25) is 0 Å². The van der Waals surface area contributed by atoms with Gasteiger partial charge in [0.1, 0.15) is 0 Å². The van der Waals surface area contributed by atoms with E-state index in [0.29, 0.717) is 5.92 Å². The predicted octanol–water partition coefficient (Wildman–Crippen LogP) is 3.43. The molecule has 0 unspecified atom stereocenters. The fourth-order valence-electron chi connectivity index (χ4n) is 1.96. The first-order valence-corrected chi connectivity index (χ1v) is 6.17. The molecule has 1 aromatic carbocycles. The lowest BCUT2D eigenvalue weighted by Crippen LogP contribution is -2.30. The number of halogens is 1. The highest BCUT2D eigenvalue weighted by Crippen LogP contribution is 2.36. The molecule has 0 atom stereocenters. The van der Waals surface area contributed by atoms with Gasteiger partial charge >= 0.3 is 0 Å². The molecule has 82 valence electrons. The van der Waals surface area contributed by atoms with E-state index in [9.17, 15) is 0 Å². The molecule has 0 fully saturated rings. The molecule has 2 nitrogen and oxygen atoms in total. The second kappa shape index (κ2) is 4.05. The summed E-state index contributed by atoms with van der Waals surface area (Å²) in [5.41, 5.74) is 3.92. The molecular formula is C12H17BrN2. The van der Waals surface area contributed by atoms with Crippen LogP contribution in [-0.4, -0.2) is 20.1 Å². The molecule has 1 heterocycles. The highest BCUT2D eigenvalue weighted by atomic mass is 79.9. The molecule has 1 N–H and O–H groups in total. The Balaban J connectivity index is 2.49. The molecule has 3 heteroatoms. The van der Waals surface area contributed by atoms with Crippen LogP contribution in [-0.2, 0) is 0 Å². The Morgan fingerprint density at radius 2 is 2.13 bits per heavy atom. The molecule has 0 aliphatic carbocycles. The van der Waals surface area contributed by atoms with Crippen LogP contribution in [0.4, 0.5) is 11.4 Å². The zero-order valence-electron chi connectivity index (χ0n) is 9.47. The maximum absolute atomic E-state index is 3.65. The van der Waals surface area contributed by atoms with Gasteiger partial charge in [-0.1, -0.05) is 29.8 Å². The topological polar surface area (TPSA) is 15.3 Å². The van der Waals surface area contributed by atoms with Gasteiger partial charge < -0.3 is 10.2 Å². The van der Waals surface area contributed by atoms with Crippen LogP contribution < -0.4 is 10.2 Å². The lowest BCUT2D eigenvalue weighted by molar-refractivity contribution is 0.848. The molecule has 2 rings (SSSR count). The second-order valence-electron chi connectivity index (χ2n) is 4.39. The average Bonchev–Trinajstić information content (AvgIpc) is 2.18. The smallest absolute Gasteiger partial charge is 0.0611 e. The molecule has 0 saturated heterocycles. The second-order valence-corrected chi connectivity index (χ2v) is 5.25.